The van der Waals surface area contributed by atoms with Crippen molar-refractivity contribution in [3.8, 4) is 11.1 Å². The third-order valence-corrected chi connectivity index (χ3v) is 8.39. The van der Waals surface area contributed by atoms with Crippen LogP contribution in [-0.4, -0.2) is 47.7 Å². The average Bonchev–Trinajstić information content (AvgIpc) is 2.89. The monoisotopic (exact) mass is 526 g/mol. The van der Waals surface area contributed by atoms with Crippen molar-refractivity contribution >= 4 is 17.6 Å². The maximum atomic E-state index is 12.6. The van der Waals surface area contributed by atoms with Gasteiger partial charge in [0, 0.05) is 36.3 Å². The number of hydrogen-bond acceptors (Lipinski definition) is 5. The lowest BCUT2D eigenvalue weighted by Crippen LogP contribution is -2.38. The van der Waals surface area contributed by atoms with E-state index in [4.69, 9.17) is 21.1 Å². The lowest BCUT2D eigenvalue weighted by atomic mass is 9.75. The molecular weight excluding hydrogens is 484 g/mol. The summed E-state index contributed by atoms with van der Waals surface area (Å²) in [5.41, 5.74) is 3.14. The SMILES string of the molecule is CC(C)[C@H]1CC[C@H](C)C[C@@H]1OC(=O)CCCN1CCC(OCc2ncccc2-c2ccc(Cl)cc2)CC1. The van der Waals surface area contributed by atoms with Crippen molar-refractivity contribution in [3.05, 3.63) is 53.3 Å². The molecule has 4 rings (SSSR count). The zero-order valence-electron chi connectivity index (χ0n) is 22.7. The minimum atomic E-state index is -0.0187. The van der Waals surface area contributed by atoms with Gasteiger partial charge in [-0.05, 0) is 80.2 Å². The standard InChI is InChI=1S/C31H43ClN2O3/c1-22(2)27-13-8-23(3)20-30(27)37-31(35)7-5-17-34-18-14-26(15-19-34)36-21-29-28(6-4-16-33-29)24-9-11-25(32)12-10-24/h4,6,9-12,16,22-23,26-27,30H,5,7-8,13-15,17-21H2,1-3H3/t23-,27+,30-/m0/s1. The zero-order valence-corrected chi connectivity index (χ0v) is 23.5. The summed E-state index contributed by atoms with van der Waals surface area (Å²) in [5.74, 6) is 1.70. The summed E-state index contributed by atoms with van der Waals surface area (Å²) >= 11 is 6.05. The van der Waals surface area contributed by atoms with Gasteiger partial charge in [-0.15, -0.1) is 0 Å². The molecule has 2 fully saturated rings. The Morgan fingerprint density at radius 2 is 1.86 bits per heavy atom. The number of piperidine rings is 1. The number of nitrogens with zero attached hydrogens (tertiary/aromatic N) is 2. The Hall–Kier alpha value is -1.95. The van der Waals surface area contributed by atoms with Gasteiger partial charge < -0.3 is 14.4 Å². The molecule has 1 aromatic heterocycles. The van der Waals surface area contributed by atoms with Gasteiger partial charge in [-0.2, -0.15) is 0 Å². The number of carbonyl (C=O) groups excluding carboxylic acids is 1. The highest BCUT2D eigenvalue weighted by Crippen LogP contribution is 2.35. The molecule has 1 aliphatic heterocycles. The second-order valence-corrected chi connectivity index (χ2v) is 11.8. The van der Waals surface area contributed by atoms with Gasteiger partial charge in [0.25, 0.3) is 0 Å². The van der Waals surface area contributed by atoms with Crippen molar-refractivity contribution in [1.82, 2.24) is 9.88 Å². The highest BCUT2D eigenvalue weighted by atomic mass is 35.5. The molecule has 1 aliphatic carbocycles. The van der Waals surface area contributed by atoms with Crippen LogP contribution in [-0.2, 0) is 20.9 Å². The lowest BCUT2D eigenvalue weighted by molar-refractivity contribution is -0.156. The maximum absolute atomic E-state index is 12.6. The molecule has 3 atom stereocenters. The van der Waals surface area contributed by atoms with Gasteiger partial charge in [-0.3, -0.25) is 9.78 Å². The van der Waals surface area contributed by atoms with Crippen molar-refractivity contribution in [2.75, 3.05) is 19.6 Å². The molecule has 0 bridgehead atoms. The first-order chi connectivity index (χ1) is 17.9. The summed E-state index contributed by atoms with van der Waals surface area (Å²) in [6, 6.07) is 11.9. The quantitative estimate of drug-likeness (QED) is 0.307. The Bertz CT molecular complexity index is 988. The van der Waals surface area contributed by atoms with E-state index < -0.39 is 0 Å². The highest BCUT2D eigenvalue weighted by molar-refractivity contribution is 6.30. The second-order valence-electron chi connectivity index (χ2n) is 11.3. The molecule has 1 saturated carbocycles. The Labute approximate surface area is 227 Å². The van der Waals surface area contributed by atoms with E-state index in [-0.39, 0.29) is 18.2 Å². The largest absolute Gasteiger partial charge is 0.462 e. The number of esters is 1. The van der Waals surface area contributed by atoms with Gasteiger partial charge in [0.05, 0.1) is 18.4 Å². The Balaban J connectivity index is 1.16. The highest BCUT2D eigenvalue weighted by Gasteiger charge is 2.33. The fraction of sp³-hybridized carbons (Fsp3) is 0.613. The number of likely N-dealkylation sites (tertiary alicyclic amines) is 1. The molecule has 0 N–H and O–H groups in total. The van der Waals surface area contributed by atoms with Crippen LogP contribution in [0.2, 0.25) is 5.02 Å². The minimum absolute atomic E-state index is 0.0187. The Morgan fingerprint density at radius 1 is 1.11 bits per heavy atom. The van der Waals surface area contributed by atoms with Crippen LogP contribution in [0.5, 0.6) is 0 Å². The van der Waals surface area contributed by atoms with Crippen LogP contribution >= 0.6 is 11.6 Å². The number of ether oxygens (including phenoxy) is 2. The van der Waals surface area contributed by atoms with Crippen molar-refractivity contribution in [3.63, 3.8) is 0 Å². The molecule has 2 heterocycles. The van der Waals surface area contributed by atoms with Crippen LogP contribution in [0.1, 0.15) is 71.4 Å². The third kappa shape index (κ3) is 8.27. The summed E-state index contributed by atoms with van der Waals surface area (Å²) in [6.07, 6.45) is 8.99. The van der Waals surface area contributed by atoms with Gasteiger partial charge in [0.2, 0.25) is 0 Å². The minimum Gasteiger partial charge on any atom is -0.462 e. The molecule has 2 aromatic rings. The van der Waals surface area contributed by atoms with Crippen molar-refractivity contribution in [1.29, 1.82) is 0 Å². The van der Waals surface area contributed by atoms with Gasteiger partial charge in [-0.25, -0.2) is 0 Å². The van der Waals surface area contributed by atoms with E-state index in [1.807, 2.05) is 36.5 Å². The number of rotatable bonds is 10. The molecule has 0 spiro atoms. The van der Waals surface area contributed by atoms with E-state index in [2.05, 4.69) is 36.7 Å². The first-order valence-electron chi connectivity index (χ1n) is 14.1. The fourth-order valence-corrected chi connectivity index (χ4v) is 5.99. The summed E-state index contributed by atoms with van der Waals surface area (Å²) in [7, 11) is 0. The van der Waals surface area contributed by atoms with Crippen LogP contribution < -0.4 is 0 Å². The van der Waals surface area contributed by atoms with E-state index in [9.17, 15) is 4.79 Å². The van der Waals surface area contributed by atoms with Gasteiger partial charge in [0.1, 0.15) is 6.10 Å². The summed E-state index contributed by atoms with van der Waals surface area (Å²) < 4.78 is 12.3. The van der Waals surface area contributed by atoms with E-state index in [0.717, 1.165) is 67.2 Å². The van der Waals surface area contributed by atoms with Gasteiger partial charge in [0.15, 0.2) is 0 Å². The smallest absolute Gasteiger partial charge is 0.306 e. The predicted octanol–water partition coefficient (Wildman–Crippen LogP) is 7.17. The summed E-state index contributed by atoms with van der Waals surface area (Å²) in [4.78, 5) is 19.6. The molecule has 0 radical (unpaired) electrons. The molecule has 6 heteroatoms. The van der Waals surface area contributed by atoms with E-state index in [1.165, 1.54) is 12.8 Å². The van der Waals surface area contributed by atoms with Crippen LogP contribution in [0.25, 0.3) is 11.1 Å². The molecular formula is C31H43ClN2O3. The normalized spacial score (nSPS) is 23.3. The number of aromatic nitrogens is 1. The number of benzene rings is 1. The van der Waals surface area contributed by atoms with E-state index in [0.29, 0.717) is 30.8 Å². The molecule has 37 heavy (non-hydrogen) atoms. The average molecular weight is 527 g/mol. The van der Waals surface area contributed by atoms with E-state index in [1.54, 1.807) is 0 Å². The van der Waals surface area contributed by atoms with Gasteiger partial charge >= 0.3 is 5.97 Å². The van der Waals surface area contributed by atoms with Gasteiger partial charge in [-0.1, -0.05) is 57.0 Å². The number of halogens is 1. The molecule has 0 amide bonds. The molecule has 2 aliphatic rings. The Kier molecular flexibility index (Phi) is 10.4. The Morgan fingerprint density at radius 3 is 2.59 bits per heavy atom. The lowest BCUT2D eigenvalue weighted by Gasteiger charge is -2.36. The third-order valence-electron chi connectivity index (χ3n) is 8.14. The van der Waals surface area contributed by atoms with Crippen molar-refractivity contribution in [2.45, 2.75) is 84.5 Å². The molecule has 0 unspecified atom stereocenters. The van der Waals surface area contributed by atoms with Crippen molar-refractivity contribution in [2.24, 2.45) is 17.8 Å². The van der Waals surface area contributed by atoms with Crippen LogP contribution in [0.15, 0.2) is 42.6 Å². The first kappa shape index (κ1) is 28.1. The van der Waals surface area contributed by atoms with Crippen LogP contribution in [0.3, 0.4) is 0 Å². The maximum Gasteiger partial charge on any atom is 0.306 e. The first-order valence-corrected chi connectivity index (χ1v) is 14.5. The van der Waals surface area contributed by atoms with E-state index >= 15 is 0 Å². The molecule has 5 nitrogen and oxygen atoms in total. The zero-order chi connectivity index (χ0) is 26.2. The summed E-state index contributed by atoms with van der Waals surface area (Å²) in [5, 5.41) is 0.729. The predicted molar refractivity (Wildman–Crippen MR) is 149 cm³/mol. The van der Waals surface area contributed by atoms with Crippen LogP contribution in [0.4, 0.5) is 0 Å². The fourth-order valence-electron chi connectivity index (χ4n) is 5.87. The number of pyridine rings is 1. The molecule has 202 valence electrons. The number of carbonyl (C=O) groups is 1. The number of hydrogen-bond donors (Lipinski definition) is 0. The van der Waals surface area contributed by atoms with Crippen LogP contribution in [0, 0.1) is 17.8 Å². The van der Waals surface area contributed by atoms with Crippen molar-refractivity contribution < 1.29 is 14.3 Å². The summed E-state index contributed by atoms with van der Waals surface area (Å²) in [6.45, 7) is 10.2. The molecule has 1 aromatic carbocycles. The second kappa shape index (κ2) is 13.7. The molecule has 1 saturated heterocycles. The topological polar surface area (TPSA) is 51.7 Å².